The van der Waals surface area contributed by atoms with E-state index >= 15 is 0 Å². The maximum absolute atomic E-state index is 12.4. The van der Waals surface area contributed by atoms with Crippen molar-refractivity contribution in [3.63, 3.8) is 0 Å². The van der Waals surface area contributed by atoms with E-state index in [1.54, 1.807) is 37.0 Å². The van der Waals surface area contributed by atoms with Crippen molar-refractivity contribution in [2.45, 2.75) is 19.0 Å². The van der Waals surface area contributed by atoms with Gasteiger partial charge in [0.05, 0.1) is 10.0 Å². The van der Waals surface area contributed by atoms with E-state index in [9.17, 15) is 9.59 Å². The number of nitrogens with one attached hydrogen (secondary N) is 1. The molecule has 0 aromatic heterocycles. The van der Waals surface area contributed by atoms with Crippen LogP contribution in [0.1, 0.15) is 12.0 Å². The number of amides is 3. The number of benzene rings is 1. The SMILES string of the molecule is CSCCC(NC(N)=O)C(=O)N(C)Cc1ccc(Cl)c(Cl)c1. The normalized spacial score (nSPS) is 11.8. The number of thioether (sulfide) groups is 1. The largest absolute Gasteiger partial charge is 0.352 e. The summed E-state index contributed by atoms with van der Waals surface area (Å²) in [6.45, 7) is 0.367. The first-order chi connectivity index (χ1) is 10.3. The number of carbonyl (C=O) groups excluding carboxylic acids is 2. The quantitative estimate of drug-likeness (QED) is 0.781. The van der Waals surface area contributed by atoms with Crippen molar-refractivity contribution in [2.24, 2.45) is 5.73 Å². The van der Waals surface area contributed by atoms with E-state index in [0.29, 0.717) is 23.0 Å². The van der Waals surface area contributed by atoms with E-state index in [1.165, 1.54) is 4.90 Å². The number of primary amides is 1. The average Bonchev–Trinajstić information content (AvgIpc) is 2.46. The first kappa shape index (κ1) is 18.9. The minimum absolute atomic E-state index is 0.195. The molecule has 3 amide bonds. The summed E-state index contributed by atoms with van der Waals surface area (Å²) in [5, 5.41) is 3.39. The molecule has 0 aliphatic rings. The summed E-state index contributed by atoms with van der Waals surface area (Å²) in [4.78, 5) is 25.0. The highest BCUT2D eigenvalue weighted by Crippen LogP contribution is 2.23. The number of halogens is 2. The topological polar surface area (TPSA) is 75.4 Å². The standard InChI is InChI=1S/C14H19Cl2N3O2S/c1-19(8-9-3-4-10(15)11(16)7-9)13(20)12(5-6-22-2)18-14(17)21/h3-4,7,12H,5-6,8H2,1-2H3,(H3,17,18,21). The van der Waals surface area contributed by atoms with Gasteiger partial charge in [0.25, 0.3) is 0 Å². The molecule has 1 aromatic rings. The zero-order chi connectivity index (χ0) is 16.7. The van der Waals surface area contributed by atoms with Gasteiger partial charge in [0.1, 0.15) is 6.04 Å². The van der Waals surface area contributed by atoms with E-state index in [-0.39, 0.29) is 5.91 Å². The Balaban J connectivity index is 2.74. The van der Waals surface area contributed by atoms with Crippen LogP contribution >= 0.6 is 35.0 Å². The van der Waals surface area contributed by atoms with E-state index in [1.807, 2.05) is 6.26 Å². The number of hydrogen-bond donors (Lipinski definition) is 2. The minimum Gasteiger partial charge on any atom is -0.352 e. The first-order valence-electron chi connectivity index (χ1n) is 6.59. The molecule has 0 spiro atoms. The van der Waals surface area contributed by atoms with Crippen LogP contribution in [-0.4, -0.2) is 41.9 Å². The Morgan fingerprint density at radius 3 is 2.59 bits per heavy atom. The second kappa shape index (κ2) is 9.12. The van der Waals surface area contributed by atoms with Gasteiger partial charge in [0, 0.05) is 13.6 Å². The highest BCUT2D eigenvalue weighted by molar-refractivity contribution is 7.98. The van der Waals surface area contributed by atoms with Crippen molar-refractivity contribution in [3.05, 3.63) is 33.8 Å². The lowest BCUT2D eigenvalue weighted by Crippen LogP contribution is -2.49. The molecule has 1 unspecified atom stereocenters. The summed E-state index contributed by atoms with van der Waals surface area (Å²) in [6.07, 6.45) is 2.46. The Kier molecular flexibility index (Phi) is 7.85. The molecule has 0 saturated heterocycles. The summed E-state index contributed by atoms with van der Waals surface area (Å²) < 4.78 is 0. The van der Waals surface area contributed by atoms with Gasteiger partial charge in [0.15, 0.2) is 0 Å². The van der Waals surface area contributed by atoms with Gasteiger partial charge in [0.2, 0.25) is 5.91 Å². The number of urea groups is 1. The van der Waals surface area contributed by atoms with E-state index in [4.69, 9.17) is 28.9 Å². The molecular formula is C14H19Cl2N3O2S. The highest BCUT2D eigenvalue weighted by Gasteiger charge is 2.23. The van der Waals surface area contributed by atoms with Crippen LogP contribution in [0.3, 0.4) is 0 Å². The molecular weight excluding hydrogens is 345 g/mol. The zero-order valence-electron chi connectivity index (χ0n) is 12.4. The number of rotatable bonds is 7. The van der Waals surface area contributed by atoms with Gasteiger partial charge in [-0.2, -0.15) is 11.8 Å². The smallest absolute Gasteiger partial charge is 0.312 e. The summed E-state index contributed by atoms with van der Waals surface area (Å²) in [6, 6.07) is 3.87. The van der Waals surface area contributed by atoms with Crippen molar-refractivity contribution >= 4 is 46.9 Å². The summed E-state index contributed by atoms with van der Waals surface area (Å²) >= 11 is 13.4. The van der Waals surface area contributed by atoms with Crippen molar-refractivity contribution in [1.29, 1.82) is 0 Å². The fourth-order valence-corrected chi connectivity index (χ4v) is 2.71. The Hall–Kier alpha value is -1.11. The van der Waals surface area contributed by atoms with Crippen molar-refractivity contribution in [1.82, 2.24) is 10.2 Å². The maximum atomic E-state index is 12.4. The van der Waals surface area contributed by atoms with Gasteiger partial charge in [-0.3, -0.25) is 4.79 Å². The number of hydrogen-bond acceptors (Lipinski definition) is 3. The summed E-state index contributed by atoms with van der Waals surface area (Å²) in [5.74, 6) is 0.552. The molecule has 1 atom stereocenters. The van der Waals surface area contributed by atoms with Crippen LogP contribution in [0.2, 0.25) is 10.0 Å². The monoisotopic (exact) mass is 363 g/mol. The average molecular weight is 364 g/mol. The second-order valence-corrected chi connectivity index (χ2v) is 6.59. The molecule has 0 bridgehead atoms. The van der Waals surface area contributed by atoms with Crippen LogP contribution in [0.4, 0.5) is 4.79 Å². The van der Waals surface area contributed by atoms with Gasteiger partial charge >= 0.3 is 6.03 Å². The van der Waals surface area contributed by atoms with Gasteiger partial charge in [-0.05, 0) is 36.1 Å². The third kappa shape index (κ3) is 5.94. The van der Waals surface area contributed by atoms with Crippen molar-refractivity contribution in [2.75, 3.05) is 19.1 Å². The molecule has 0 saturated carbocycles. The lowest BCUT2D eigenvalue weighted by molar-refractivity contribution is -0.132. The molecule has 0 fully saturated rings. The Labute approximate surface area is 144 Å². The minimum atomic E-state index is -0.706. The molecule has 0 radical (unpaired) electrons. The van der Waals surface area contributed by atoms with Crippen LogP contribution in [0.25, 0.3) is 0 Å². The highest BCUT2D eigenvalue weighted by atomic mass is 35.5. The lowest BCUT2D eigenvalue weighted by Gasteiger charge is -2.24. The molecule has 0 heterocycles. The first-order valence-corrected chi connectivity index (χ1v) is 8.74. The third-order valence-electron chi connectivity index (χ3n) is 3.01. The summed E-state index contributed by atoms with van der Waals surface area (Å²) in [7, 11) is 1.67. The number of nitrogens with zero attached hydrogens (tertiary/aromatic N) is 1. The Morgan fingerprint density at radius 2 is 2.05 bits per heavy atom. The van der Waals surface area contributed by atoms with Gasteiger partial charge in [-0.25, -0.2) is 4.79 Å². The predicted molar refractivity (Wildman–Crippen MR) is 92.4 cm³/mol. The third-order valence-corrected chi connectivity index (χ3v) is 4.39. The lowest BCUT2D eigenvalue weighted by atomic mass is 10.1. The molecule has 1 aromatic carbocycles. The summed E-state index contributed by atoms with van der Waals surface area (Å²) in [5.41, 5.74) is 5.99. The number of nitrogens with two attached hydrogens (primary N) is 1. The van der Waals surface area contributed by atoms with Gasteiger partial charge in [-0.1, -0.05) is 29.3 Å². The van der Waals surface area contributed by atoms with E-state index in [0.717, 1.165) is 11.3 Å². The van der Waals surface area contributed by atoms with Crippen LogP contribution in [0, 0.1) is 0 Å². The second-order valence-electron chi connectivity index (χ2n) is 4.79. The van der Waals surface area contributed by atoms with Crippen molar-refractivity contribution in [3.8, 4) is 0 Å². The van der Waals surface area contributed by atoms with Crippen LogP contribution < -0.4 is 11.1 Å². The molecule has 0 aliphatic heterocycles. The fourth-order valence-electron chi connectivity index (χ4n) is 1.92. The number of carbonyl (C=O) groups is 2. The van der Waals surface area contributed by atoms with Crippen LogP contribution in [0.5, 0.6) is 0 Å². The van der Waals surface area contributed by atoms with E-state index in [2.05, 4.69) is 5.32 Å². The molecule has 0 aliphatic carbocycles. The zero-order valence-corrected chi connectivity index (χ0v) is 14.8. The molecule has 5 nitrogen and oxygen atoms in total. The molecule has 1 rings (SSSR count). The number of likely N-dealkylation sites (N-methyl/N-ethyl adjacent to an activating group) is 1. The molecule has 3 N–H and O–H groups in total. The van der Waals surface area contributed by atoms with Gasteiger partial charge < -0.3 is 16.0 Å². The van der Waals surface area contributed by atoms with Crippen LogP contribution in [0.15, 0.2) is 18.2 Å². The molecule has 122 valence electrons. The van der Waals surface area contributed by atoms with Crippen molar-refractivity contribution < 1.29 is 9.59 Å². The Bertz CT molecular complexity index is 543. The van der Waals surface area contributed by atoms with Crippen LogP contribution in [-0.2, 0) is 11.3 Å². The van der Waals surface area contributed by atoms with Gasteiger partial charge in [-0.15, -0.1) is 0 Å². The maximum Gasteiger partial charge on any atom is 0.312 e. The molecule has 22 heavy (non-hydrogen) atoms. The molecule has 8 heteroatoms. The Morgan fingerprint density at radius 1 is 1.36 bits per heavy atom. The predicted octanol–water partition coefficient (Wildman–Crippen LogP) is 2.74. The van der Waals surface area contributed by atoms with E-state index < -0.39 is 12.1 Å². The fraction of sp³-hybridized carbons (Fsp3) is 0.429.